The molecule has 5 rings (SSSR count). The van der Waals surface area contributed by atoms with E-state index >= 15 is 0 Å². The van der Waals surface area contributed by atoms with Gasteiger partial charge in [0.2, 0.25) is 11.8 Å². The highest BCUT2D eigenvalue weighted by atomic mass is 16.2. The fourth-order valence-electron chi connectivity index (χ4n) is 4.50. The second-order valence-electron chi connectivity index (χ2n) is 7.08. The van der Waals surface area contributed by atoms with Gasteiger partial charge in [0.05, 0.1) is 17.5 Å². The maximum absolute atomic E-state index is 13.0. The van der Waals surface area contributed by atoms with Crippen molar-refractivity contribution < 1.29 is 9.59 Å². The van der Waals surface area contributed by atoms with E-state index in [0.29, 0.717) is 0 Å². The lowest BCUT2D eigenvalue weighted by Gasteiger charge is -2.38. The second kappa shape index (κ2) is 4.55. The number of rotatable bonds is 1. The molecule has 4 atom stereocenters. The average molecular weight is 295 g/mol. The van der Waals surface area contributed by atoms with Gasteiger partial charge >= 0.3 is 0 Å². The molecule has 22 heavy (non-hydrogen) atoms. The summed E-state index contributed by atoms with van der Waals surface area (Å²) in [5.74, 6) is 0.280. The number of allylic oxidation sites excluding steroid dienone is 2. The third-order valence-electron chi connectivity index (χ3n) is 5.81. The van der Waals surface area contributed by atoms with Gasteiger partial charge in [-0.25, -0.2) is 4.90 Å². The van der Waals surface area contributed by atoms with E-state index in [4.69, 9.17) is 0 Å². The van der Waals surface area contributed by atoms with Gasteiger partial charge in [-0.2, -0.15) is 0 Å². The lowest BCUT2D eigenvalue weighted by Crippen LogP contribution is -2.38. The van der Waals surface area contributed by atoms with E-state index in [1.54, 1.807) is 0 Å². The van der Waals surface area contributed by atoms with Crippen molar-refractivity contribution in [2.75, 3.05) is 4.90 Å². The Morgan fingerprint density at radius 1 is 0.818 bits per heavy atom. The summed E-state index contributed by atoms with van der Waals surface area (Å²) in [6, 6.07) is 4.06. The Kier molecular flexibility index (Phi) is 2.84. The zero-order chi connectivity index (χ0) is 15.6. The van der Waals surface area contributed by atoms with Gasteiger partial charge < -0.3 is 0 Å². The van der Waals surface area contributed by atoms with Gasteiger partial charge in [-0.3, -0.25) is 9.59 Å². The summed E-state index contributed by atoms with van der Waals surface area (Å²) >= 11 is 0. The summed E-state index contributed by atoms with van der Waals surface area (Å²) in [4.78, 5) is 27.4. The van der Waals surface area contributed by atoms with Crippen LogP contribution in [0.3, 0.4) is 0 Å². The van der Waals surface area contributed by atoms with E-state index in [0.717, 1.165) is 29.7 Å². The van der Waals surface area contributed by atoms with Crippen molar-refractivity contribution in [3.63, 3.8) is 0 Å². The highest BCUT2D eigenvalue weighted by molar-refractivity contribution is 6.23. The maximum atomic E-state index is 13.0. The lowest BCUT2D eigenvalue weighted by molar-refractivity contribution is -0.124. The highest BCUT2D eigenvalue weighted by Crippen LogP contribution is 2.50. The summed E-state index contributed by atoms with van der Waals surface area (Å²) in [6.45, 7) is 6.07. The Hall–Kier alpha value is -1.90. The number of fused-ring (bicyclic) bond motifs is 1. The largest absolute Gasteiger partial charge is 0.274 e. The molecule has 3 aliphatic carbocycles. The van der Waals surface area contributed by atoms with Gasteiger partial charge in [-0.1, -0.05) is 18.2 Å². The van der Waals surface area contributed by atoms with E-state index in [1.807, 2.05) is 19.9 Å². The molecular formula is C19H21NO2. The number of carbonyl (C=O) groups excluding carboxylic acids is 2. The van der Waals surface area contributed by atoms with Crippen molar-refractivity contribution in [1.82, 2.24) is 0 Å². The molecule has 1 aromatic carbocycles. The normalized spacial score (nSPS) is 32.8. The summed E-state index contributed by atoms with van der Waals surface area (Å²) in [5, 5.41) is 0. The van der Waals surface area contributed by atoms with Gasteiger partial charge in [-0.05, 0) is 68.2 Å². The van der Waals surface area contributed by atoms with E-state index in [9.17, 15) is 9.59 Å². The molecule has 2 fully saturated rings. The first-order valence-corrected chi connectivity index (χ1v) is 8.13. The number of nitrogens with zero attached hydrogens (tertiary/aromatic N) is 1. The Morgan fingerprint density at radius 3 is 1.82 bits per heavy atom. The Bertz CT molecular complexity index is 686. The molecule has 1 saturated heterocycles. The number of hydrogen-bond donors (Lipinski definition) is 0. The molecule has 1 saturated carbocycles. The molecule has 1 heterocycles. The van der Waals surface area contributed by atoms with Crippen LogP contribution in [0.5, 0.6) is 0 Å². The first-order chi connectivity index (χ1) is 10.5. The van der Waals surface area contributed by atoms with Crippen LogP contribution in [-0.4, -0.2) is 11.8 Å². The molecule has 0 unspecified atom stereocenters. The lowest BCUT2D eigenvalue weighted by atomic mass is 9.63. The molecule has 2 bridgehead atoms. The fourth-order valence-corrected chi connectivity index (χ4v) is 4.50. The molecule has 1 aromatic rings. The van der Waals surface area contributed by atoms with Crippen LogP contribution in [-0.2, 0) is 9.59 Å². The summed E-state index contributed by atoms with van der Waals surface area (Å²) in [5.41, 5.74) is 4.10. The molecule has 0 N–H and O–H groups in total. The number of aryl methyl sites for hydroxylation is 3. The minimum absolute atomic E-state index is 0.0143. The molecule has 2 amide bonds. The number of carbonyl (C=O) groups is 2. The van der Waals surface area contributed by atoms with Crippen LogP contribution in [0.15, 0.2) is 24.3 Å². The van der Waals surface area contributed by atoms with E-state index in [1.165, 1.54) is 10.5 Å². The maximum Gasteiger partial charge on any atom is 0.238 e. The van der Waals surface area contributed by atoms with Gasteiger partial charge in [0.25, 0.3) is 0 Å². The molecule has 114 valence electrons. The number of benzene rings is 1. The fraction of sp³-hybridized carbons (Fsp3) is 0.474. The highest BCUT2D eigenvalue weighted by Gasteiger charge is 2.57. The number of hydrogen-bond acceptors (Lipinski definition) is 2. The summed E-state index contributed by atoms with van der Waals surface area (Å²) in [6.07, 6.45) is 6.41. The zero-order valence-corrected chi connectivity index (χ0v) is 13.3. The minimum Gasteiger partial charge on any atom is -0.274 e. The Balaban J connectivity index is 1.80. The van der Waals surface area contributed by atoms with Gasteiger partial charge in [0, 0.05) is 0 Å². The van der Waals surface area contributed by atoms with Crippen molar-refractivity contribution in [2.45, 2.75) is 33.6 Å². The van der Waals surface area contributed by atoms with Crippen molar-refractivity contribution in [3.8, 4) is 0 Å². The van der Waals surface area contributed by atoms with Gasteiger partial charge in [0.15, 0.2) is 0 Å². The van der Waals surface area contributed by atoms with E-state index in [-0.39, 0.29) is 35.5 Å². The van der Waals surface area contributed by atoms with Crippen LogP contribution in [0.25, 0.3) is 0 Å². The third-order valence-corrected chi connectivity index (χ3v) is 5.81. The predicted molar refractivity (Wildman–Crippen MR) is 85.5 cm³/mol. The quantitative estimate of drug-likeness (QED) is 0.589. The van der Waals surface area contributed by atoms with Crippen LogP contribution in [0.1, 0.15) is 29.5 Å². The Labute approximate surface area is 131 Å². The Morgan fingerprint density at radius 2 is 1.32 bits per heavy atom. The van der Waals surface area contributed by atoms with Crippen molar-refractivity contribution in [3.05, 3.63) is 41.0 Å². The van der Waals surface area contributed by atoms with Crippen LogP contribution >= 0.6 is 0 Å². The molecular weight excluding hydrogens is 274 g/mol. The summed E-state index contributed by atoms with van der Waals surface area (Å²) < 4.78 is 0. The number of amides is 2. The first kappa shape index (κ1) is 13.7. The van der Waals surface area contributed by atoms with Gasteiger partial charge in [-0.15, -0.1) is 0 Å². The van der Waals surface area contributed by atoms with Crippen LogP contribution in [0, 0.1) is 44.4 Å². The topological polar surface area (TPSA) is 37.4 Å². The van der Waals surface area contributed by atoms with E-state index in [2.05, 4.69) is 25.1 Å². The van der Waals surface area contributed by atoms with Crippen molar-refractivity contribution >= 4 is 17.5 Å². The summed E-state index contributed by atoms with van der Waals surface area (Å²) in [7, 11) is 0. The standard InChI is InChI=1S/C19H21NO2/c1-10-8-12(3)15(9-11(10)2)20-18(21)16-13-4-5-14(7-6-13)17(16)19(20)22/h4-5,8-9,13-14,16-17H,6-7H2,1-3H3/t13-,14+,16-,17+. The molecule has 3 nitrogen and oxygen atoms in total. The molecule has 4 aliphatic rings. The monoisotopic (exact) mass is 295 g/mol. The molecule has 0 radical (unpaired) electrons. The predicted octanol–water partition coefficient (Wildman–Crippen LogP) is 3.31. The van der Waals surface area contributed by atoms with Gasteiger partial charge in [0.1, 0.15) is 0 Å². The number of imide groups is 1. The molecule has 1 aliphatic heterocycles. The SMILES string of the molecule is Cc1cc(C)c(N2C(=O)[C@@H]3[C@H](C2=O)[C@@H]2C=C[C@H]3CC2)cc1C. The third kappa shape index (κ3) is 1.68. The average Bonchev–Trinajstić information content (AvgIpc) is 2.78. The smallest absolute Gasteiger partial charge is 0.238 e. The molecule has 0 spiro atoms. The van der Waals surface area contributed by atoms with Crippen LogP contribution in [0.2, 0.25) is 0 Å². The molecule has 0 aromatic heterocycles. The second-order valence-corrected chi connectivity index (χ2v) is 7.08. The number of anilines is 1. The first-order valence-electron chi connectivity index (χ1n) is 8.13. The molecule has 3 heteroatoms. The van der Waals surface area contributed by atoms with Crippen molar-refractivity contribution in [1.29, 1.82) is 0 Å². The zero-order valence-electron chi connectivity index (χ0n) is 13.3. The minimum atomic E-state index is -0.128. The van der Waals surface area contributed by atoms with Crippen molar-refractivity contribution in [2.24, 2.45) is 23.7 Å². The van der Waals surface area contributed by atoms with E-state index < -0.39 is 0 Å². The van der Waals surface area contributed by atoms with Crippen LogP contribution < -0.4 is 4.90 Å². The van der Waals surface area contributed by atoms with Crippen LogP contribution in [0.4, 0.5) is 5.69 Å².